The van der Waals surface area contributed by atoms with Gasteiger partial charge in [-0.2, -0.15) is 5.10 Å². The molecule has 1 aliphatic heterocycles. The molecule has 4 rings (SSSR count). The Kier molecular flexibility index (Phi) is 4.57. The van der Waals surface area contributed by atoms with E-state index >= 15 is 0 Å². The van der Waals surface area contributed by atoms with E-state index < -0.39 is 0 Å². The van der Waals surface area contributed by atoms with Crippen LogP contribution in [-0.4, -0.2) is 53.8 Å². The van der Waals surface area contributed by atoms with Crippen molar-refractivity contribution in [2.75, 3.05) is 33.2 Å². The van der Waals surface area contributed by atoms with Gasteiger partial charge in [-0.25, -0.2) is 4.68 Å². The van der Waals surface area contributed by atoms with Gasteiger partial charge in [0.1, 0.15) is 0 Å². The first kappa shape index (κ1) is 17.3. The molecule has 5 heteroatoms. The lowest BCUT2D eigenvalue weighted by atomic mass is 10.1. The number of quaternary nitrogens is 1. The molecule has 1 aromatic carbocycles. The number of carbonyl (C=O) groups excluding carboxylic acids is 1. The molecule has 2 aromatic rings. The Bertz CT molecular complexity index is 813. The number of nitrogens with zero attached hydrogens (tertiary/aromatic N) is 3. The molecular weight excluding hydrogens is 324 g/mol. The third kappa shape index (κ3) is 3.05. The van der Waals surface area contributed by atoms with Crippen LogP contribution in [0.2, 0.25) is 0 Å². The Morgan fingerprint density at radius 2 is 1.92 bits per heavy atom. The van der Waals surface area contributed by atoms with Crippen molar-refractivity contribution in [1.82, 2.24) is 14.7 Å². The van der Waals surface area contributed by atoms with E-state index in [-0.39, 0.29) is 5.91 Å². The van der Waals surface area contributed by atoms with Gasteiger partial charge in [0.05, 0.1) is 55.9 Å². The van der Waals surface area contributed by atoms with Gasteiger partial charge in [-0.3, -0.25) is 4.79 Å². The zero-order valence-corrected chi connectivity index (χ0v) is 16.1. The molecule has 0 unspecified atom stereocenters. The van der Waals surface area contributed by atoms with Gasteiger partial charge in [0.2, 0.25) is 0 Å². The molecule has 0 radical (unpaired) electrons. The molecule has 0 spiro atoms. The van der Waals surface area contributed by atoms with E-state index in [1.54, 1.807) is 0 Å². The van der Waals surface area contributed by atoms with Crippen LogP contribution in [0.3, 0.4) is 0 Å². The fraction of sp³-hybridized carbons (Fsp3) is 0.524. The molecule has 1 N–H and O–H groups in total. The van der Waals surface area contributed by atoms with E-state index in [1.807, 2.05) is 21.7 Å². The maximum atomic E-state index is 13.4. The quantitative estimate of drug-likeness (QED) is 0.907. The van der Waals surface area contributed by atoms with Gasteiger partial charge in [-0.1, -0.05) is 25.1 Å². The van der Waals surface area contributed by atoms with Crippen LogP contribution in [0.5, 0.6) is 0 Å². The molecular formula is C21H29N4O+. The third-order valence-corrected chi connectivity index (χ3v) is 5.77. The maximum absolute atomic E-state index is 13.4. The Hall–Kier alpha value is -2.14. The Morgan fingerprint density at radius 1 is 1.23 bits per heavy atom. The van der Waals surface area contributed by atoms with Crippen LogP contribution in [0.4, 0.5) is 0 Å². The molecule has 26 heavy (non-hydrogen) atoms. The average molecular weight is 353 g/mol. The Balaban J connectivity index is 1.78. The van der Waals surface area contributed by atoms with Gasteiger partial charge in [0.25, 0.3) is 5.91 Å². The van der Waals surface area contributed by atoms with Crippen molar-refractivity contribution in [3.05, 3.63) is 46.8 Å². The number of carbonyl (C=O) groups is 1. The fourth-order valence-corrected chi connectivity index (χ4v) is 3.92. The van der Waals surface area contributed by atoms with Crippen molar-refractivity contribution in [3.8, 4) is 5.69 Å². The summed E-state index contributed by atoms with van der Waals surface area (Å²) >= 11 is 0. The molecule has 5 nitrogen and oxygen atoms in total. The van der Waals surface area contributed by atoms with E-state index in [2.05, 4.69) is 33.0 Å². The van der Waals surface area contributed by atoms with Crippen molar-refractivity contribution in [3.63, 3.8) is 0 Å². The lowest BCUT2D eigenvalue weighted by Crippen LogP contribution is -3.12. The number of rotatable bonds is 4. The van der Waals surface area contributed by atoms with E-state index in [0.717, 1.165) is 68.1 Å². The van der Waals surface area contributed by atoms with E-state index in [4.69, 9.17) is 5.10 Å². The molecule has 1 aliphatic carbocycles. The zero-order chi connectivity index (χ0) is 18.3. The summed E-state index contributed by atoms with van der Waals surface area (Å²) in [5.41, 5.74) is 5.26. The van der Waals surface area contributed by atoms with Crippen molar-refractivity contribution in [2.24, 2.45) is 0 Å². The predicted molar refractivity (Wildman–Crippen MR) is 102 cm³/mol. The number of likely N-dealkylation sites (N-methyl/N-ethyl adjacent to an activating group) is 1. The third-order valence-electron chi connectivity index (χ3n) is 5.77. The largest absolute Gasteiger partial charge is 0.334 e. The summed E-state index contributed by atoms with van der Waals surface area (Å²) in [6, 6.07) is 8.31. The summed E-state index contributed by atoms with van der Waals surface area (Å²) in [5.74, 6) is 0.652. The summed E-state index contributed by atoms with van der Waals surface area (Å²) in [6.45, 7) is 7.97. The number of aromatic nitrogens is 2. The van der Waals surface area contributed by atoms with Crippen LogP contribution < -0.4 is 4.90 Å². The summed E-state index contributed by atoms with van der Waals surface area (Å²) in [7, 11) is 2.20. The van der Waals surface area contributed by atoms with E-state index in [0.29, 0.717) is 5.92 Å². The van der Waals surface area contributed by atoms with E-state index in [9.17, 15) is 4.79 Å². The van der Waals surface area contributed by atoms with Crippen LogP contribution in [0.1, 0.15) is 53.0 Å². The van der Waals surface area contributed by atoms with Crippen LogP contribution in [0, 0.1) is 6.92 Å². The predicted octanol–water partition coefficient (Wildman–Crippen LogP) is 1.59. The second-order valence-electron chi connectivity index (χ2n) is 7.78. The summed E-state index contributed by atoms with van der Waals surface area (Å²) in [5, 5.41) is 4.97. The van der Waals surface area contributed by atoms with Gasteiger partial charge < -0.3 is 9.80 Å². The monoisotopic (exact) mass is 353 g/mol. The van der Waals surface area contributed by atoms with Gasteiger partial charge in [0, 0.05) is 5.92 Å². The molecule has 2 fully saturated rings. The first-order valence-electron chi connectivity index (χ1n) is 9.88. The average Bonchev–Trinajstić information content (AvgIpc) is 3.42. The van der Waals surface area contributed by atoms with Crippen molar-refractivity contribution < 1.29 is 9.69 Å². The molecule has 138 valence electrons. The number of aryl methyl sites for hydroxylation is 1. The number of piperazine rings is 1. The minimum Gasteiger partial charge on any atom is -0.334 e. The van der Waals surface area contributed by atoms with E-state index in [1.165, 1.54) is 10.5 Å². The highest BCUT2D eigenvalue weighted by Gasteiger charge is 2.36. The molecule has 0 atom stereocenters. The summed E-state index contributed by atoms with van der Waals surface area (Å²) in [6.07, 6.45) is 3.12. The minimum atomic E-state index is 0.191. The SMILES string of the molecule is CCc1c(C(=O)N2CC[NH+](C)CC2)c(C2CC2)nn1-c1ccccc1C. The Labute approximate surface area is 155 Å². The number of nitrogens with one attached hydrogen (secondary N) is 1. The molecule has 0 bridgehead atoms. The van der Waals surface area contributed by atoms with Crippen molar-refractivity contribution in [2.45, 2.75) is 39.0 Å². The van der Waals surface area contributed by atoms with Gasteiger partial charge >= 0.3 is 0 Å². The summed E-state index contributed by atoms with van der Waals surface area (Å²) < 4.78 is 2.04. The van der Waals surface area contributed by atoms with Gasteiger partial charge in [-0.05, 0) is 37.8 Å². The molecule has 1 aromatic heterocycles. The topological polar surface area (TPSA) is 42.6 Å². The second-order valence-corrected chi connectivity index (χ2v) is 7.78. The normalized spacial score (nSPS) is 18.3. The number of hydrogen-bond acceptors (Lipinski definition) is 2. The highest BCUT2D eigenvalue weighted by atomic mass is 16.2. The molecule has 2 heterocycles. The van der Waals surface area contributed by atoms with Crippen molar-refractivity contribution >= 4 is 5.91 Å². The van der Waals surface area contributed by atoms with Gasteiger partial charge in [0.15, 0.2) is 0 Å². The van der Waals surface area contributed by atoms with Crippen LogP contribution in [0.15, 0.2) is 24.3 Å². The van der Waals surface area contributed by atoms with Crippen molar-refractivity contribution in [1.29, 1.82) is 0 Å². The number of hydrogen-bond donors (Lipinski definition) is 1. The first-order chi connectivity index (χ1) is 12.6. The minimum absolute atomic E-state index is 0.191. The lowest BCUT2D eigenvalue weighted by Gasteiger charge is -2.30. The number of amides is 1. The Morgan fingerprint density at radius 3 is 2.54 bits per heavy atom. The molecule has 2 aliphatic rings. The van der Waals surface area contributed by atoms with Gasteiger partial charge in [-0.15, -0.1) is 0 Å². The maximum Gasteiger partial charge on any atom is 0.258 e. The smallest absolute Gasteiger partial charge is 0.258 e. The summed E-state index contributed by atoms with van der Waals surface area (Å²) in [4.78, 5) is 17.0. The second kappa shape index (κ2) is 6.88. The highest BCUT2D eigenvalue weighted by molar-refractivity contribution is 5.97. The molecule has 1 amide bonds. The molecule has 1 saturated carbocycles. The number of para-hydroxylation sites is 1. The zero-order valence-electron chi connectivity index (χ0n) is 16.1. The lowest BCUT2D eigenvalue weighted by molar-refractivity contribution is -0.883. The van der Waals surface area contributed by atoms with Crippen LogP contribution in [-0.2, 0) is 6.42 Å². The molecule has 1 saturated heterocycles. The fourth-order valence-electron chi connectivity index (χ4n) is 3.92. The van der Waals surface area contributed by atoms with Crippen LogP contribution in [0.25, 0.3) is 5.69 Å². The first-order valence-corrected chi connectivity index (χ1v) is 9.88. The number of benzene rings is 1. The standard InChI is InChI=1S/C21H28N4O/c1-4-17-19(21(26)24-13-11-23(3)12-14-24)20(16-9-10-16)22-25(17)18-8-6-5-7-15(18)2/h5-8,16H,4,9-14H2,1-3H3/p+1. The van der Waals surface area contributed by atoms with Crippen LogP contribution >= 0.6 is 0 Å². The highest BCUT2D eigenvalue weighted by Crippen LogP contribution is 2.42.